The third kappa shape index (κ3) is 4.48. The van der Waals surface area contributed by atoms with Crippen LogP contribution in [0.3, 0.4) is 0 Å². The lowest BCUT2D eigenvalue weighted by Crippen LogP contribution is -1.96. The summed E-state index contributed by atoms with van der Waals surface area (Å²) in [5, 5.41) is 9.11. The topological polar surface area (TPSA) is 52.1 Å². The molecule has 242 valence electrons. The maximum Gasteiger partial charge on any atom is 0.160 e. The van der Waals surface area contributed by atoms with Gasteiger partial charge in [0.15, 0.2) is 5.82 Å². The molecule has 0 fully saturated rings. The fourth-order valence-corrected chi connectivity index (χ4v) is 7.76. The third-order valence-corrected chi connectivity index (χ3v) is 10.3. The van der Waals surface area contributed by atoms with Gasteiger partial charge in [-0.2, -0.15) is 0 Å². The SMILES string of the molecule is c1ccc(-c2cc(-c3ccc4c(c3)oc3ccccc34)nc(-c3cccc(-c4cccc5c4oc4c5ccc5ccc6ccccc6c54)c3)n2)cc1. The Morgan fingerprint density at radius 3 is 1.92 bits per heavy atom. The van der Waals surface area contributed by atoms with E-state index in [0.29, 0.717) is 5.82 Å². The van der Waals surface area contributed by atoms with Gasteiger partial charge in [0, 0.05) is 49.2 Å². The maximum atomic E-state index is 6.88. The van der Waals surface area contributed by atoms with Crippen molar-refractivity contribution in [2.75, 3.05) is 0 Å². The molecule has 0 aliphatic carbocycles. The summed E-state index contributed by atoms with van der Waals surface area (Å²) in [6, 6.07) is 59.0. The summed E-state index contributed by atoms with van der Waals surface area (Å²) >= 11 is 0. The minimum atomic E-state index is 0.650. The van der Waals surface area contributed by atoms with Crippen molar-refractivity contribution in [2.24, 2.45) is 0 Å². The second-order valence-electron chi connectivity index (χ2n) is 13.3. The van der Waals surface area contributed by atoms with Crippen molar-refractivity contribution >= 4 is 65.4 Å². The number of rotatable bonds is 4. The van der Waals surface area contributed by atoms with Gasteiger partial charge in [0.05, 0.1) is 11.4 Å². The monoisotopic (exact) mass is 664 g/mol. The van der Waals surface area contributed by atoms with E-state index in [0.717, 1.165) is 88.5 Å². The Kier molecular flexibility index (Phi) is 6.22. The number of hydrogen-bond acceptors (Lipinski definition) is 4. The zero-order valence-corrected chi connectivity index (χ0v) is 27.9. The molecule has 3 heterocycles. The quantitative estimate of drug-likeness (QED) is 0.176. The van der Waals surface area contributed by atoms with E-state index in [-0.39, 0.29) is 0 Å². The molecule has 0 aliphatic rings. The van der Waals surface area contributed by atoms with Crippen LogP contribution in [0.5, 0.6) is 0 Å². The molecule has 3 aromatic heterocycles. The molecule has 0 bridgehead atoms. The van der Waals surface area contributed by atoms with Gasteiger partial charge in [-0.05, 0) is 58.1 Å². The number of furan rings is 2. The standard InChI is InChI=1S/C48H28N2O2/c1-2-11-30(12-3-1)41-28-42(33-23-24-38-37-16-6-7-19-43(37)51-44(38)27-33)50-48(49-41)34-14-8-13-32(26-34)36-17-9-18-39-40-25-22-31-21-20-29-10-4-5-15-35(29)45(31)47(40)52-46(36)39/h1-28H. The number of para-hydroxylation sites is 2. The Labute approximate surface area is 298 Å². The van der Waals surface area contributed by atoms with E-state index in [4.69, 9.17) is 18.8 Å². The number of benzene rings is 8. The molecule has 0 saturated carbocycles. The molecule has 4 nitrogen and oxygen atoms in total. The molecule has 11 rings (SSSR count). The van der Waals surface area contributed by atoms with Crippen molar-refractivity contribution in [2.45, 2.75) is 0 Å². The van der Waals surface area contributed by atoms with Gasteiger partial charge in [0.1, 0.15) is 22.3 Å². The Hall–Kier alpha value is -7.04. The van der Waals surface area contributed by atoms with E-state index >= 15 is 0 Å². The third-order valence-electron chi connectivity index (χ3n) is 10.3. The van der Waals surface area contributed by atoms with Crippen LogP contribution in [-0.2, 0) is 0 Å². The largest absolute Gasteiger partial charge is 0.456 e. The summed E-state index contributed by atoms with van der Waals surface area (Å²) in [5.41, 5.74) is 10.2. The highest BCUT2D eigenvalue weighted by molar-refractivity contribution is 6.24. The Bertz CT molecular complexity index is 3190. The molecule has 0 N–H and O–H groups in total. The van der Waals surface area contributed by atoms with Crippen LogP contribution in [0.15, 0.2) is 179 Å². The second-order valence-corrected chi connectivity index (χ2v) is 13.3. The first-order valence-corrected chi connectivity index (χ1v) is 17.5. The van der Waals surface area contributed by atoms with Gasteiger partial charge in [0.25, 0.3) is 0 Å². The first-order valence-electron chi connectivity index (χ1n) is 17.5. The average molecular weight is 665 g/mol. The van der Waals surface area contributed by atoms with Crippen LogP contribution in [0.4, 0.5) is 0 Å². The van der Waals surface area contributed by atoms with Crippen LogP contribution < -0.4 is 0 Å². The van der Waals surface area contributed by atoms with E-state index < -0.39 is 0 Å². The normalized spacial score (nSPS) is 11.8. The summed E-state index contributed by atoms with van der Waals surface area (Å²) in [5.74, 6) is 0.650. The van der Waals surface area contributed by atoms with Crippen LogP contribution >= 0.6 is 0 Å². The number of fused-ring (bicyclic) bond motifs is 10. The van der Waals surface area contributed by atoms with Gasteiger partial charge in [-0.1, -0.05) is 133 Å². The zero-order valence-electron chi connectivity index (χ0n) is 27.9. The first kappa shape index (κ1) is 28.8. The molecule has 0 amide bonds. The van der Waals surface area contributed by atoms with Crippen LogP contribution in [0.1, 0.15) is 0 Å². The minimum absolute atomic E-state index is 0.650. The lowest BCUT2D eigenvalue weighted by Gasteiger charge is -2.11. The molecule has 0 saturated heterocycles. The highest BCUT2D eigenvalue weighted by atomic mass is 16.3. The van der Waals surface area contributed by atoms with E-state index in [9.17, 15) is 0 Å². The van der Waals surface area contributed by atoms with E-state index in [2.05, 4.69) is 133 Å². The fourth-order valence-electron chi connectivity index (χ4n) is 7.76. The summed E-state index contributed by atoms with van der Waals surface area (Å²) in [6.07, 6.45) is 0. The zero-order chi connectivity index (χ0) is 34.2. The highest BCUT2D eigenvalue weighted by Crippen LogP contribution is 2.41. The average Bonchev–Trinajstić information content (AvgIpc) is 3.79. The lowest BCUT2D eigenvalue weighted by atomic mass is 9.98. The molecule has 0 atom stereocenters. The predicted octanol–water partition coefficient (Wildman–Crippen LogP) is 13.2. The lowest BCUT2D eigenvalue weighted by molar-refractivity contribution is 0.669. The van der Waals surface area contributed by atoms with Crippen molar-refractivity contribution in [3.05, 3.63) is 170 Å². The van der Waals surface area contributed by atoms with Gasteiger partial charge in [-0.15, -0.1) is 0 Å². The van der Waals surface area contributed by atoms with Crippen LogP contribution in [0.2, 0.25) is 0 Å². The highest BCUT2D eigenvalue weighted by Gasteiger charge is 2.18. The Balaban J connectivity index is 1.08. The van der Waals surface area contributed by atoms with Crippen molar-refractivity contribution in [3.63, 3.8) is 0 Å². The van der Waals surface area contributed by atoms with Crippen molar-refractivity contribution in [1.29, 1.82) is 0 Å². The fraction of sp³-hybridized carbons (Fsp3) is 0. The van der Waals surface area contributed by atoms with Gasteiger partial charge >= 0.3 is 0 Å². The summed E-state index contributed by atoms with van der Waals surface area (Å²) in [4.78, 5) is 10.3. The molecular weight excluding hydrogens is 637 g/mol. The number of aromatic nitrogens is 2. The molecule has 0 aliphatic heterocycles. The second kappa shape index (κ2) is 11.2. The van der Waals surface area contributed by atoms with E-state index in [1.807, 2.05) is 36.4 Å². The number of hydrogen-bond donors (Lipinski definition) is 0. The Morgan fingerprint density at radius 2 is 1.00 bits per heavy atom. The molecule has 4 heteroatoms. The molecule has 52 heavy (non-hydrogen) atoms. The van der Waals surface area contributed by atoms with Gasteiger partial charge in [-0.3, -0.25) is 0 Å². The smallest absolute Gasteiger partial charge is 0.160 e. The molecule has 0 radical (unpaired) electrons. The Morgan fingerprint density at radius 1 is 0.346 bits per heavy atom. The van der Waals surface area contributed by atoms with Crippen LogP contribution in [0, 0.1) is 0 Å². The molecule has 0 spiro atoms. The maximum absolute atomic E-state index is 6.88. The molecule has 0 unspecified atom stereocenters. The van der Waals surface area contributed by atoms with Crippen molar-refractivity contribution in [3.8, 4) is 45.0 Å². The predicted molar refractivity (Wildman–Crippen MR) is 213 cm³/mol. The van der Waals surface area contributed by atoms with Crippen molar-refractivity contribution in [1.82, 2.24) is 9.97 Å². The summed E-state index contributed by atoms with van der Waals surface area (Å²) in [6.45, 7) is 0. The van der Waals surface area contributed by atoms with Gasteiger partial charge in [-0.25, -0.2) is 9.97 Å². The van der Waals surface area contributed by atoms with Crippen molar-refractivity contribution < 1.29 is 8.83 Å². The minimum Gasteiger partial charge on any atom is -0.456 e. The van der Waals surface area contributed by atoms with Crippen LogP contribution in [0.25, 0.3) is 110 Å². The van der Waals surface area contributed by atoms with E-state index in [1.54, 1.807) is 0 Å². The summed E-state index contributed by atoms with van der Waals surface area (Å²) < 4.78 is 13.1. The van der Waals surface area contributed by atoms with Gasteiger partial charge < -0.3 is 8.83 Å². The van der Waals surface area contributed by atoms with Crippen LogP contribution in [-0.4, -0.2) is 9.97 Å². The first-order chi connectivity index (χ1) is 25.7. The molecule has 8 aromatic carbocycles. The van der Waals surface area contributed by atoms with E-state index in [1.165, 1.54) is 16.2 Å². The molecular formula is C48H28N2O2. The number of nitrogens with zero attached hydrogens (tertiary/aromatic N) is 2. The molecule has 11 aromatic rings. The summed E-state index contributed by atoms with van der Waals surface area (Å²) in [7, 11) is 0. The van der Waals surface area contributed by atoms with Gasteiger partial charge in [0.2, 0.25) is 0 Å².